The van der Waals surface area contributed by atoms with Crippen LogP contribution in [0.5, 0.6) is 0 Å². The molecule has 2 amide bonds. The second kappa shape index (κ2) is 14.2. The molecule has 0 radical (unpaired) electrons. The van der Waals surface area contributed by atoms with Gasteiger partial charge in [-0.2, -0.15) is 22.9 Å². The third kappa shape index (κ3) is 13.2. The van der Waals surface area contributed by atoms with Crippen molar-refractivity contribution >= 4 is 36.4 Å². The van der Waals surface area contributed by atoms with Gasteiger partial charge in [0.25, 0.3) is 0 Å². The summed E-state index contributed by atoms with van der Waals surface area (Å²) in [5, 5.41) is 29.8. The first-order valence-corrected chi connectivity index (χ1v) is 6.84. The van der Waals surface area contributed by atoms with Crippen LogP contribution in [0.3, 0.4) is 0 Å². The summed E-state index contributed by atoms with van der Waals surface area (Å²) in [6.45, 7) is -0.567. The molecule has 0 aromatic heterocycles. The highest BCUT2D eigenvalue weighted by Gasteiger charge is 2.20. The minimum Gasteiger partial charge on any atom is -0.480 e. The smallest absolute Gasteiger partial charge is 0.322 e. The van der Waals surface area contributed by atoms with Gasteiger partial charge in [0.2, 0.25) is 11.8 Å². The largest absolute Gasteiger partial charge is 0.480 e. The molecule has 24 heavy (non-hydrogen) atoms. The zero-order chi connectivity index (χ0) is 19.1. The molecule has 14 heteroatoms. The molecule has 0 aliphatic rings. The molecule has 0 heterocycles. The first kappa shape index (κ1) is 23.8. The molecule has 2 atom stereocenters. The number of carboxylic acid groups (broad SMARTS) is 2. The van der Waals surface area contributed by atoms with Crippen LogP contribution in [0.4, 0.5) is 0 Å². The molecule has 0 aromatic rings. The topological polar surface area (TPSA) is 218 Å². The predicted octanol–water partition coefficient (Wildman–Crippen LogP) is -2.05. The van der Waals surface area contributed by atoms with Crippen LogP contribution in [0.15, 0.2) is 5.34 Å². The molecule has 0 aliphatic carbocycles. The number of nitrogens with one attached hydrogen (secondary N) is 2. The number of nitrogens with two attached hydrogens (primary N) is 1. The van der Waals surface area contributed by atoms with Gasteiger partial charge in [0.15, 0.2) is 5.34 Å². The second-order valence-electron chi connectivity index (χ2n) is 4.05. The van der Waals surface area contributed by atoms with Gasteiger partial charge < -0.3 is 26.6 Å². The summed E-state index contributed by atoms with van der Waals surface area (Å²) in [5.41, 5.74) is 5.23. The highest BCUT2D eigenvalue weighted by Crippen LogP contribution is 1.97. The maximum atomic E-state index is 11.5. The molecule has 0 fully saturated rings. The highest BCUT2D eigenvalue weighted by atomic mass is 32.1. The van der Waals surface area contributed by atoms with Crippen LogP contribution in [0.25, 0.3) is 0 Å². The maximum Gasteiger partial charge on any atom is 0.322 e. The zero-order valence-corrected chi connectivity index (χ0v) is 13.1. The summed E-state index contributed by atoms with van der Waals surface area (Å²) in [4.78, 5) is 54.8. The monoisotopic (exact) mass is 370 g/mol. The lowest BCUT2D eigenvalue weighted by Crippen LogP contribution is -2.49. The number of aliphatic carboxylic acids is 2. The molecule has 7 N–H and O–H groups in total. The van der Waals surface area contributed by atoms with E-state index in [0.717, 1.165) is 0 Å². The zero-order valence-electron chi connectivity index (χ0n) is 12.2. The summed E-state index contributed by atoms with van der Waals surface area (Å²) in [6, 6.07) is -2.15. The van der Waals surface area contributed by atoms with Gasteiger partial charge in [0.05, 0.1) is 0 Å². The molecular weight excluding hydrogens is 352 g/mol. The van der Waals surface area contributed by atoms with Gasteiger partial charge >= 0.3 is 11.9 Å². The molecule has 13 nitrogen and oxygen atoms in total. The number of carbonyl (C=O) groups excluding carboxylic acids is 2. The molecule has 0 aromatic carbocycles. The summed E-state index contributed by atoms with van der Waals surface area (Å²) in [7, 11) is 0. The van der Waals surface area contributed by atoms with E-state index in [1.807, 2.05) is 0 Å². The fraction of sp³-hybridized carbons (Fsp3) is 0.600. The predicted molar refractivity (Wildman–Crippen MR) is 80.8 cm³/mol. The van der Waals surface area contributed by atoms with E-state index in [2.05, 4.69) is 28.3 Å². The third-order valence-electron chi connectivity index (χ3n) is 2.28. The minimum atomic E-state index is -1.22. The van der Waals surface area contributed by atoms with Crippen molar-refractivity contribution in [2.45, 2.75) is 24.9 Å². The lowest BCUT2D eigenvalue weighted by molar-refractivity contribution is -0.245. The van der Waals surface area contributed by atoms with Crippen molar-refractivity contribution in [3.8, 4) is 0 Å². The summed E-state index contributed by atoms with van der Waals surface area (Å²) < 4.78 is 0. The van der Waals surface area contributed by atoms with Crippen LogP contribution >= 0.6 is 12.6 Å². The van der Waals surface area contributed by atoms with E-state index in [1.165, 1.54) is 0 Å². The third-order valence-corrected chi connectivity index (χ3v) is 2.65. The quantitative estimate of drug-likeness (QED) is 0.0965. The fourth-order valence-electron chi connectivity index (χ4n) is 1.16. The summed E-state index contributed by atoms with van der Waals surface area (Å²) in [6.07, 6.45) is -0.235. The van der Waals surface area contributed by atoms with Crippen molar-refractivity contribution in [2.24, 2.45) is 11.1 Å². The maximum absolute atomic E-state index is 11.5. The van der Waals surface area contributed by atoms with Crippen molar-refractivity contribution in [3.05, 3.63) is 4.91 Å². The molecule has 138 valence electrons. The fourth-order valence-corrected chi connectivity index (χ4v) is 1.41. The van der Waals surface area contributed by atoms with E-state index in [1.54, 1.807) is 5.34 Å². The normalized spacial score (nSPS) is 11.8. The van der Waals surface area contributed by atoms with Crippen LogP contribution < -0.4 is 16.4 Å². The van der Waals surface area contributed by atoms with E-state index in [4.69, 9.17) is 26.1 Å². The highest BCUT2D eigenvalue weighted by molar-refractivity contribution is 7.80. The van der Waals surface area contributed by atoms with Gasteiger partial charge in [-0.3, -0.25) is 19.2 Å². The Hall–Kier alpha value is -2.45. The number of hydrogen-bond donors (Lipinski definition) is 7. The second-order valence-corrected chi connectivity index (χ2v) is 4.42. The average molecular weight is 370 g/mol. The molecule has 0 aliphatic heterocycles. The standard InChI is InChI=1S/C10H17N3O6S.HNO3/c11-5(10(18)19)1-2-7(14)13-6(4-20)9(17)12-3-8(15)16;2-1-4-3/h5-6,20H,1-4,11H2,(H,12,17)(H,13,14)(H,15,16)(H,18,19);3H/t5-,6-;/m0./s1. The van der Waals surface area contributed by atoms with Gasteiger partial charge in [0, 0.05) is 12.2 Å². The first-order valence-electron chi connectivity index (χ1n) is 6.20. The first-order chi connectivity index (χ1) is 11.2. The number of hydrogen-bond acceptors (Lipinski definition) is 10. The van der Waals surface area contributed by atoms with E-state index < -0.39 is 42.4 Å². The average Bonchev–Trinajstić information content (AvgIpc) is 2.55. The number of rotatable bonds is 10. The van der Waals surface area contributed by atoms with E-state index >= 15 is 0 Å². The van der Waals surface area contributed by atoms with Gasteiger partial charge in [0.1, 0.15) is 18.6 Å². The van der Waals surface area contributed by atoms with Crippen LogP contribution in [0, 0.1) is 4.91 Å². The minimum absolute atomic E-state index is 0.0256. The van der Waals surface area contributed by atoms with Crippen LogP contribution in [-0.4, -0.2) is 63.6 Å². The van der Waals surface area contributed by atoms with Gasteiger partial charge in [-0.1, -0.05) is 0 Å². The number of carbonyl (C=O) groups is 4. The number of nitrogens with zero attached hydrogens (tertiary/aromatic N) is 1. The Morgan fingerprint density at radius 1 is 1.25 bits per heavy atom. The van der Waals surface area contributed by atoms with Crippen LogP contribution in [-0.2, 0) is 24.2 Å². The van der Waals surface area contributed by atoms with E-state index in [-0.39, 0.29) is 18.6 Å². The number of thiol groups is 1. The van der Waals surface area contributed by atoms with Crippen molar-refractivity contribution in [2.75, 3.05) is 12.3 Å². The molecule has 0 bridgehead atoms. The Kier molecular flexibility index (Phi) is 14.1. The van der Waals surface area contributed by atoms with E-state index in [9.17, 15) is 19.2 Å². The Balaban J connectivity index is 0. The van der Waals surface area contributed by atoms with E-state index in [0.29, 0.717) is 0 Å². The van der Waals surface area contributed by atoms with Crippen molar-refractivity contribution in [1.29, 1.82) is 0 Å². The van der Waals surface area contributed by atoms with Gasteiger partial charge in [-0.15, -0.1) is 4.91 Å². The SMILES string of the molecule is N[C@@H](CCC(=O)N[C@@H](CS)C(=O)NCC(=O)O)C(=O)O.O=NOO. The Morgan fingerprint density at radius 2 is 1.79 bits per heavy atom. The summed E-state index contributed by atoms with van der Waals surface area (Å²) >= 11 is 3.87. The van der Waals surface area contributed by atoms with Crippen molar-refractivity contribution in [3.63, 3.8) is 0 Å². The number of amides is 2. The number of carboxylic acids is 2. The van der Waals surface area contributed by atoms with Crippen LogP contribution in [0.2, 0.25) is 0 Å². The molecular formula is C10H18N4O9S. The Morgan fingerprint density at radius 3 is 2.17 bits per heavy atom. The van der Waals surface area contributed by atoms with Crippen molar-refractivity contribution in [1.82, 2.24) is 10.6 Å². The molecule has 0 rings (SSSR count). The van der Waals surface area contributed by atoms with Gasteiger partial charge in [-0.25, -0.2) is 0 Å². The molecule has 0 saturated carbocycles. The Bertz CT molecular complexity index is 448. The molecule has 0 saturated heterocycles. The molecule has 0 spiro atoms. The van der Waals surface area contributed by atoms with Gasteiger partial charge in [-0.05, 0) is 6.42 Å². The lowest BCUT2D eigenvalue weighted by Gasteiger charge is -2.16. The van der Waals surface area contributed by atoms with Crippen LogP contribution in [0.1, 0.15) is 12.8 Å². The summed E-state index contributed by atoms with van der Waals surface area (Å²) in [5.74, 6) is -3.70. The van der Waals surface area contributed by atoms with Crippen molar-refractivity contribution < 1.29 is 39.6 Å². The lowest BCUT2D eigenvalue weighted by atomic mass is 10.1. The molecule has 0 unspecified atom stereocenters. The Labute approximate surface area is 140 Å².